The molecular formula is C24H39N5O2. The Balaban J connectivity index is 1.57. The molecule has 0 saturated carbocycles. The average molecular weight is 430 g/mol. The predicted octanol–water partition coefficient (Wildman–Crippen LogP) is 2.17. The Labute approximate surface area is 187 Å². The van der Waals surface area contributed by atoms with Crippen LogP contribution >= 0.6 is 0 Å². The number of piperazine rings is 1. The molecule has 0 aromatic heterocycles. The van der Waals surface area contributed by atoms with Crippen LogP contribution in [0.4, 0.5) is 0 Å². The van der Waals surface area contributed by atoms with Crippen LogP contribution < -0.4 is 5.32 Å². The normalized spacial score (nSPS) is 21.2. The highest BCUT2D eigenvalue weighted by Crippen LogP contribution is 2.19. The molecule has 0 spiro atoms. The third-order valence-electron chi connectivity index (χ3n) is 6.41. The van der Waals surface area contributed by atoms with E-state index in [1.807, 2.05) is 14.0 Å². The zero-order chi connectivity index (χ0) is 22.1. The van der Waals surface area contributed by atoms with Gasteiger partial charge in [0.25, 0.3) is 0 Å². The monoisotopic (exact) mass is 429 g/mol. The fourth-order valence-electron chi connectivity index (χ4n) is 4.52. The molecule has 2 aliphatic heterocycles. The number of likely N-dealkylation sites (tertiary alicyclic amines) is 1. The molecule has 7 heteroatoms. The van der Waals surface area contributed by atoms with Gasteiger partial charge < -0.3 is 19.9 Å². The SMILES string of the molecule is CCOC(=O)C1CCCN(C(=NC)NCc2ccccc2CN2CCN(CC)CC2)C1. The van der Waals surface area contributed by atoms with Crippen molar-refractivity contribution in [1.29, 1.82) is 0 Å². The van der Waals surface area contributed by atoms with Crippen molar-refractivity contribution in [3.8, 4) is 0 Å². The molecule has 2 saturated heterocycles. The molecule has 0 amide bonds. The van der Waals surface area contributed by atoms with Crippen LogP contribution in [-0.2, 0) is 22.6 Å². The van der Waals surface area contributed by atoms with Gasteiger partial charge in [-0.05, 0) is 37.4 Å². The lowest BCUT2D eigenvalue weighted by molar-refractivity contribution is -0.149. The lowest BCUT2D eigenvalue weighted by Gasteiger charge is -2.35. The number of carbonyl (C=O) groups is 1. The van der Waals surface area contributed by atoms with Crippen molar-refractivity contribution < 1.29 is 9.53 Å². The van der Waals surface area contributed by atoms with Crippen molar-refractivity contribution in [1.82, 2.24) is 20.0 Å². The first-order valence-electron chi connectivity index (χ1n) is 11.8. The largest absolute Gasteiger partial charge is 0.466 e. The number of hydrogen-bond donors (Lipinski definition) is 1. The maximum atomic E-state index is 12.2. The number of piperidine rings is 1. The molecule has 0 aliphatic carbocycles. The number of hydrogen-bond acceptors (Lipinski definition) is 5. The number of rotatable bonds is 7. The molecular weight excluding hydrogens is 390 g/mol. The van der Waals surface area contributed by atoms with Gasteiger partial charge in [-0.25, -0.2) is 0 Å². The zero-order valence-corrected chi connectivity index (χ0v) is 19.5. The summed E-state index contributed by atoms with van der Waals surface area (Å²) in [6.07, 6.45) is 1.87. The summed E-state index contributed by atoms with van der Waals surface area (Å²) in [5, 5.41) is 3.54. The zero-order valence-electron chi connectivity index (χ0n) is 19.5. The summed E-state index contributed by atoms with van der Waals surface area (Å²) in [7, 11) is 1.81. The Morgan fingerprint density at radius 3 is 2.48 bits per heavy atom. The Morgan fingerprint density at radius 2 is 1.81 bits per heavy atom. The number of aliphatic imine (C=N–C) groups is 1. The first-order valence-corrected chi connectivity index (χ1v) is 11.8. The highest BCUT2D eigenvalue weighted by molar-refractivity contribution is 5.81. The third-order valence-corrected chi connectivity index (χ3v) is 6.41. The topological polar surface area (TPSA) is 60.4 Å². The molecule has 1 aromatic carbocycles. The second-order valence-corrected chi connectivity index (χ2v) is 8.42. The van der Waals surface area contributed by atoms with E-state index < -0.39 is 0 Å². The van der Waals surface area contributed by atoms with Crippen molar-refractivity contribution >= 4 is 11.9 Å². The van der Waals surface area contributed by atoms with Crippen LogP contribution in [0.15, 0.2) is 29.3 Å². The number of benzene rings is 1. The highest BCUT2D eigenvalue weighted by Gasteiger charge is 2.28. The van der Waals surface area contributed by atoms with Crippen molar-refractivity contribution in [3.05, 3.63) is 35.4 Å². The number of nitrogens with zero attached hydrogens (tertiary/aromatic N) is 4. The second-order valence-electron chi connectivity index (χ2n) is 8.42. The molecule has 0 radical (unpaired) electrons. The maximum absolute atomic E-state index is 12.2. The summed E-state index contributed by atoms with van der Waals surface area (Å²) >= 11 is 0. The molecule has 172 valence electrons. The number of nitrogens with one attached hydrogen (secondary N) is 1. The van der Waals surface area contributed by atoms with Gasteiger partial charge in [0, 0.05) is 59.4 Å². The Kier molecular flexibility index (Phi) is 9.15. The summed E-state index contributed by atoms with van der Waals surface area (Å²) < 4.78 is 5.24. The first-order chi connectivity index (χ1) is 15.1. The van der Waals surface area contributed by atoms with Crippen LogP contribution in [-0.4, -0.2) is 86.1 Å². The number of likely N-dealkylation sites (N-methyl/N-ethyl adjacent to an activating group) is 1. The molecule has 2 aliphatic rings. The summed E-state index contributed by atoms with van der Waals surface area (Å²) in [4.78, 5) is 23.9. The van der Waals surface area contributed by atoms with Crippen LogP contribution in [0.25, 0.3) is 0 Å². The Hall–Kier alpha value is -2.12. The van der Waals surface area contributed by atoms with Gasteiger partial charge in [0.05, 0.1) is 12.5 Å². The minimum atomic E-state index is -0.0869. The number of esters is 1. The fourth-order valence-corrected chi connectivity index (χ4v) is 4.52. The highest BCUT2D eigenvalue weighted by atomic mass is 16.5. The minimum Gasteiger partial charge on any atom is -0.466 e. The predicted molar refractivity (Wildman–Crippen MR) is 125 cm³/mol. The molecule has 1 aromatic rings. The van der Waals surface area contributed by atoms with Crippen LogP contribution in [0.5, 0.6) is 0 Å². The van der Waals surface area contributed by atoms with Crippen LogP contribution in [0.2, 0.25) is 0 Å². The number of ether oxygens (including phenoxy) is 1. The molecule has 31 heavy (non-hydrogen) atoms. The molecule has 2 fully saturated rings. The Morgan fingerprint density at radius 1 is 1.10 bits per heavy atom. The molecule has 3 rings (SSSR count). The molecule has 1 atom stereocenters. The summed E-state index contributed by atoms with van der Waals surface area (Å²) in [5.74, 6) is 0.706. The van der Waals surface area contributed by atoms with Crippen LogP contribution in [0.1, 0.15) is 37.8 Å². The third kappa shape index (κ3) is 6.68. The second kappa shape index (κ2) is 12.1. The summed E-state index contributed by atoms with van der Waals surface area (Å²) in [6.45, 7) is 13.5. The quantitative estimate of drug-likeness (QED) is 0.407. The fraction of sp³-hybridized carbons (Fsp3) is 0.667. The van der Waals surface area contributed by atoms with Crippen LogP contribution in [0, 0.1) is 5.92 Å². The van der Waals surface area contributed by atoms with Gasteiger partial charge in [-0.3, -0.25) is 14.7 Å². The van der Waals surface area contributed by atoms with E-state index in [9.17, 15) is 4.79 Å². The van der Waals surface area contributed by atoms with Gasteiger partial charge in [-0.2, -0.15) is 0 Å². The van der Waals surface area contributed by atoms with E-state index >= 15 is 0 Å². The van der Waals surface area contributed by atoms with E-state index in [0.29, 0.717) is 13.2 Å². The van der Waals surface area contributed by atoms with E-state index in [1.54, 1.807) is 0 Å². The van der Waals surface area contributed by atoms with E-state index in [2.05, 4.69) is 56.2 Å². The summed E-state index contributed by atoms with van der Waals surface area (Å²) in [6, 6.07) is 8.68. The van der Waals surface area contributed by atoms with Crippen molar-refractivity contribution in [2.24, 2.45) is 10.9 Å². The first kappa shape index (κ1) is 23.5. The Bertz CT molecular complexity index is 730. The van der Waals surface area contributed by atoms with Gasteiger partial charge in [0.1, 0.15) is 0 Å². The van der Waals surface area contributed by atoms with Gasteiger partial charge >= 0.3 is 5.97 Å². The van der Waals surface area contributed by atoms with E-state index in [1.165, 1.54) is 11.1 Å². The van der Waals surface area contributed by atoms with Crippen molar-refractivity contribution in [3.63, 3.8) is 0 Å². The smallest absolute Gasteiger partial charge is 0.310 e. The van der Waals surface area contributed by atoms with Crippen molar-refractivity contribution in [2.75, 3.05) is 59.5 Å². The van der Waals surface area contributed by atoms with Crippen LogP contribution in [0.3, 0.4) is 0 Å². The number of guanidine groups is 1. The van der Waals surface area contributed by atoms with Gasteiger partial charge in [-0.1, -0.05) is 31.2 Å². The standard InChI is InChI=1S/C24H39N5O2/c1-4-27-13-15-28(16-14-27)18-21-10-7-6-9-20(21)17-26-24(25-3)29-12-8-11-22(19-29)23(30)31-5-2/h6-7,9-10,22H,4-5,8,11-19H2,1-3H3,(H,25,26). The minimum absolute atomic E-state index is 0.0682. The molecule has 0 bridgehead atoms. The van der Waals surface area contributed by atoms with Gasteiger partial charge in [0.15, 0.2) is 5.96 Å². The lowest BCUT2D eigenvalue weighted by Crippen LogP contribution is -2.48. The van der Waals surface area contributed by atoms with E-state index in [4.69, 9.17) is 4.74 Å². The van der Waals surface area contributed by atoms with Gasteiger partial charge in [0.2, 0.25) is 0 Å². The van der Waals surface area contributed by atoms with E-state index in [0.717, 1.165) is 71.2 Å². The molecule has 7 nitrogen and oxygen atoms in total. The lowest BCUT2D eigenvalue weighted by atomic mass is 9.98. The molecule has 2 heterocycles. The average Bonchev–Trinajstić information content (AvgIpc) is 2.81. The number of carbonyl (C=O) groups excluding carboxylic acids is 1. The van der Waals surface area contributed by atoms with E-state index in [-0.39, 0.29) is 11.9 Å². The van der Waals surface area contributed by atoms with Gasteiger partial charge in [-0.15, -0.1) is 0 Å². The summed E-state index contributed by atoms with van der Waals surface area (Å²) in [5.41, 5.74) is 2.68. The maximum Gasteiger partial charge on any atom is 0.310 e. The molecule has 1 unspecified atom stereocenters. The molecule has 1 N–H and O–H groups in total. The van der Waals surface area contributed by atoms with Crippen molar-refractivity contribution in [2.45, 2.75) is 39.8 Å².